The van der Waals surface area contributed by atoms with Gasteiger partial charge in [-0.2, -0.15) is 0 Å². The number of ether oxygens (including phenoxy) is 1. The van der Waals surface area contributed by atoms with E-state index in [1.54, 1.807) is 4.90 Å². The van der Waals surface area contributed by atoms with Crippen LogP contribution in [0.2, 0.25) is 0 Å². The molecule has 6 nitrogen and oxygen atoms in total. The first-order valence-corrected chi connectivity index (χ1v) is 9.66. The molecule has 0 atom stereocenters. The third-order valence-corrected chi connectivity index (χ3v) is 4.90. The average molecular weight is 361 g/mol. The molecule has 0 aliphatic carbocycles. The van der Waals surface area contributed by atoms with Crippen molar-refractivity contribution in [2.24, 2.45) is 5.92 Å². The first kappa shape index (κ1) is 20.1. The maximum absolute atomic E-state index is 12.1. The zero-order valence-electron chi connectivity index (χ0n) is 16.1. The van der Waals surface area contributed by atoms with E-state index in [-0.39, 0.29) is 17.9 Å². The topological polar surface area (TPSA) is 70.7 Å². The Morgan fingerprint density at radius 1 is 1.08 bits per heavy atom. The van der Waals surface area contributed by atoms with Crippen LogP contribution in [0.1, 0.15) is 46.5 Å². The van der Waals surface area contributed by atoms with E-state index < -0.39 is 0 Å². The van der Waals surface area contributed by atoms with Crippen LogP contribution in [0.3, 0.4) is 0 Å². The lowest BCUT2D eigenvalue weighted by molar-refractivity contribution is -0.120. The Kier molecular flexibility index (Phi) is 7.75. The number of nitrogens with one attached hydrogen (secondary N) is 2. The Morgan fingerprint density at radius 3 is 2.19 bits per heavy atom. The summed E-state index contributed by atoms with van der Waals surface area (Å²) in [4.78, 5) is 25.6. The highest BCUT2D eigenvalue weighted by atomic mass is 16.6. The number of hydrogen-bond donors (Lipinski definition) is 2. The van der Waals surface area contributed by atoms with Crippen molar-refractivity contribution in [1.29, 1.82) is 0 Å². The van der Waals surface area contributed by atoms with E-state index in [0.717, 1.165) is 37.1 Å². The normalized spacial score (nSPS) is 15.0. The number of piperidine rings is 1. The molecule has 1 saturated heterocycles. The van der Waals surface area contributed by atoms with Crippen molar-refractivity contribution >= 4 is 23.4 Å². The number of likely N-dealkylation sites (tertiary alicyclic amines) is 1. The number of carbonyl (C=O) groups is 2. The Hall–Kier alpha value is -2.24. The molecule has 1 aliphatic heterocycles. The summed E-state index contributed by atoms with van der Waals surface area (Å²) in [6, 6.07) is 8.17. The zero-order chi connectivity index (χ0) is 18.9. The predicted octanol–water partition coefficient (Wildman–Crippen LogP) is 4.09. The fourth-order valence-electron chi connectivity index (χ4n) is 3.21. The molecular formula is C20H31N3O3. The van der Waals surface area contributed by atoms with E-state index in [0.29, 0.717) is 25.7 Å². The van der Waals surface area contributed by atoms with Gasteiger partial charge in [-0.3, -0.25) is 4.79 Å². The fraction of sp³-hybridized carbons (Fsp3) is 0.600. The van der Waals surface area contributed by atoms with Gasteiger partial charge >= 0.3 is 6.09 Å². The molecule has 2 rings (SSSR count). The number of anilines is 2. The summed E-state index contributed by atoms with van der Waals surface area (Å²) in [5.41, 5.74) is 1.85. The Balaban J connectivity index is 1.81. The van der Waals surface area contributed by atoms with Gasteiger partial charge in [-0.15, -0.1) is 0 Å². The highest BCUT2D eigenvalue weighted by molar-refractivity contribution is 5.92. The van der Waals surface area contributed by atoms with Crippen LogP contribution in [0.4, 0.5) is 16.2 Å². The van der Waals surface area contributed by atoms with Gasteiger partial charge in [0.1, 0.15) is 0 Å². The summed E-state index contributed by atoms with van der Waals surface area (Å²) < 4.78 is 5.04. The van der Waals surface area contributed by atoms with Gasteiger partial charge < -0.3 is 20.3 Å². The first-order chi connectivity index (χ1) is 12.6. The molecule has 1 aromatic rings. The maximum atomic E-state index is 12.1. The molecule has 0 bridgehead atoms. The molecule has 26 heavy (non-hydrogen) atoms. The van der Waals surface area contributed by atoms with Crippen LogP contribution in [0.15, 0.2) is 24.3 Å². The van der Waals surface area contributed by atoms with E-state index in [2.05, 4.69) is 10.6 Å². The number of hydrogen-bond acceptors (Lipinski definition) is 4. The lowest BCUT2D eigenvalue weighted by Gasteiger charge is -2.32. The third-order valence-electron chi connectivity index (χ3n) is 4.90. The van der Waals surface area contributed by atoms with Crippen molar-refractivity contribution in [3.8, 4) is 0 Å². The van der Waals surface area contributed by atoms with Crippen molar-refractivity contribution in [3.05, 3.63) is 24.3 Å². The number of carbonyl (C=O) groups excluding carboxylic acids is 2. The van der Waals surface area contributed by atoms with Gasteiger partial charge in [0.15, 0.2) is 0 Å². The third kappa shape index (κ3) is 5.64. The predicted molar refractivity (Wildman–Crippen MR) is 104 cm³/mol. The van der Waals surface area contributed by atoms with Gasteiger partial charge in [-0.05, 0) is 56.9 Å². The maximum Gasteiger partial charge on any atom is 0.409 e. The van der Waals surface area contributed by atoms with Gasteiger partial charge in [0.2, 0.25) is 5.91 Å². The number of nitrogens with zero attached hydrogens (tertiary/aromatic N) is 1. The Morgan fingerprint density at radius 2 is 1.65 bits per heavy atom. The first-order valence-electron chi connectivity index (χ1n) is 9.66. The second-order valence-corrected chi connectivity index (χ2v) is 6.68. The van der Waals surface area contributed by atoms with Crippen LogP contribution in [0.25, 0.3) is 0 Å². The number of rotatable bonds is 7. The highest BCUT2D eigenvalue weighted by Crippen LogP contribution is 2.20. The van der Waals surface area contributed by atoms with Gasteiger partial charge in [0.05, 0.1) is 6.61 Å². The number of benzene rings is 1. The minimum Gasteiger partial charge on any atom is -0.450 e. The molecule has 6 heteroatoms. The minimum absolute atomic E-state index is 0.0670. The van der Waals surface area contributed by atoms with E-state index in [9.17, 15) is 9.59 Å². The zero-order valence-corrected chi connectivity index (χ0v) is 16.1. The summed E-state index contributed by atoms with van der Waals surface area (Å²) in [6.45, 7) is 7.72. The summed E-state index contributed by atoms with van der Waals surface area (Å²) in [5.74, 6) is 0.152. The van der Waals surface area contributed by atoms with Crippen molar-refractivity contribution in [1.82, 2.24) is 4.90 Å². The second-order valence-electron chi connectivity index (χ2n) is 6.68. The molecule has 144 valence electrons. The molecule has 1 heterocycles. The molecule has 0 aromatic heterocycles. The van der Waals surface area contributed by atoms with Gasteiger partial charge in [-0.25, -0.2) is 4.79 Å². The molecule has 1 aliphatic rings. The molecule has 0 unspecified atom stereocenters. The van der Waals surface area contributed by atoms with Crippen molar-refractivity contribution in [3.63, 3.8) is 0 Å². The van der Waals surface area contributed by atoms with Gasteiger partial charge in [-0.1, -0.05) is 13.8 Å². The van der Waals surface area contributed by atoms with Crippen molar-refractivity contribution in [2.45, 2.75) is 52.5 Å². The average Bonchev–Trinajstić information content (AvgIpc) is 2.65. The summed E-state index contributed by atoms with van der Waals surface area (Å²) in [5, 5.41) is 6.49. The summed E-state index contributed by atoms with van der Waals surface area (Å²) in [7, 11) is 0. The van der Waals surface area contributed by atoms with Gasteiger partial charge in [0.25, 0.3) is 0 Å². The lowest BCUT2D eigenvalue weighted by atomic mass is 10.0. The Bertz CT molecular complexity index is 576. The monoisotopic (exact) mass is 361 g/mol. The quantitative estimate of drug-likeness (QED) is 0.767. The largest absolute Gasteiger partial charge is 0.450 e. The molecule has 0 radical (unpaired) electrons. The van der Waals surface area contributed by atoms with Crippen LogP contribution >= 0.6 is 0 Å². The molecule has 2 N–H and O–H groups in total. The SMILES string of the molecule is CCOC(=O)N1CCC(Nc2ccc(NC(=O)C(CC)CC)cc2)CC1. The lowest BCUT2D eigenvalue weighted by Crippen LogP contribution is -2.42. The molecule has 0 saturated carbocycles. The molecule has 0 spiro atoms. The summed E-state index contributed by atoms with van der Waals surface area (Å²) in [6.07, 6.45) is 3.28. The van der Waals surface area contributed by atoms with E-state index >= 15 is 0 Å². The second kappa shape index (κ2) is 10.0. The fourth-order valence-corrected chi connectivity index (χ4v) is 3.21. The molecular weight excluding hydrogens is 330 g/mol. The molecule has 1 fully saturated rings. The highest BCUT2D eigenvalue weighted by Gasteiger charge is 2.23. The summed E-state index contributed by atoms with van der Waals surface area (Å²) >= 11 is 0. The molecule has 1 aromatic carbocycles. The van der Waals surface area contributed by atoms with E-state index in [1.165, 1.54) is 0 Å². The van der Waals surface area contributed by atoms with Crippen molar-refractivity contribution < 1.29 is 14.3 Å². The Labute approximate surface area is 156 Å². The standard InChI is InChI=1S/C20H31N3O3/c1-4-15(5-2)19(24)22-17-9-7-16(8-10-17)21-18-11-13-23(14-12-18)20(25)26-6-3/h7-10,15,18,21H,4-6,11-14H2,1-3H3,(H,22,24). The van der Waals surface area contributed by atoms with Crippen LogP contribution < -0.4 is 10.6 Å². The van der Waals surface area contributed by atoms with Crippen LogP contribution in [0, 0.1) is 5.92 Å². The van der Waals surface area contributed by atoms with Crippen LogP contribution in [-0.2, 0) is 9.53 Å². The number of amides is 2. The van der Waals surface area contributed by atoms with E-state index in [1.807, 2.05) is 45.0 Å². The van der Waals surface area contributed by atoms with Crippen molar-refractivity contribution in [2.75, 3.05) is 30.3 Å². The van der Waals surface area contributed by atoms with Crippen LogP contribution in [-0.4, -0.2) is 42.6 Å². The van der Waals surface area contributed by atoms with Gasteiger partial charge in [0, 0.05) is 36.4 Å². The molecule has 2 amide bonds. The minimum atomic E-state index is -0.219. The van der Waals surface area contributed by atoms with Crippen LogP contribution in [0.5, 0.6) is 0 Å². The van der Waals surface area contributed by atoms with E-state index in [4.69, 9.17) is 4.74 Å². The smallest absolute Gasteiger partial charge is 0.409 e.